The summed E-state index contributed by atoms with van der Waals surface area (Å²) in [6.07, 6.45) is 4.82. The molecule has 1 aliphatic rings. The molecule has 1 fully saturated rings. The lowest BCUT2D eigenvalue weighted by Crippen LogP contribution is -2.32. The van der Waals surface area contributed by atoms with Crippen LogP contribution in [-0.4, -0.2) is 18.0 Å². The summed E-state index contributed by atoms with van der Waals surface area (Å²) in [5.74, 6) is -2.24. The number of aromatic nitrogens is 1. The van der Waals surface area contributed by atoms with E-state index < -0.39 is 5.92 Å². The number of nitrogens with zero attached hydrogens (tertiary/aromatic N) is 1. The Hall–Kier alpha value is -1.55. The molecule has 3 rings (SSSR count). The van der Waals surface area contributed by atoms with Gasteiger partial charge in [0.25, 0.3) is 0 Å². The molecule has 0 bridgehead atoms. The van der Waals surface area contributed by atoms with Crippen LogP contribution in [0.5, 0.6) is 0 Å². The van der Waals surface area contributed by atoms with Gasteiger partial charge in [0, 0.05) is 36.7 Å². The lowest BCUT2D eigenvalue weighted by molar-refractivity contribution is -0.0494. The van der Waals surface area contributed by atoms with Crippen LogP contribution in [-0.2, 0) is 0 Å². The summed E-state index contributed by atoms with van der Waals surface area (Å²) in [5.41, 5.74) is 1.12. The van der Waals surface area contributed by atoms with Crippen LogP contribution >= 0.6 is 0 Å². The topological polar surface area (TPSA) is 24.9 Å². The maximum Gasteiger partial charge on any atom is 0.248 e. The monoisotopic (exact) mass is 290 g/mol. The van der Waals surface area contributed by atoms with E-state index in [1.54, 1.807) is 0 Å². The lowest BCUT2D eigenvalue weighted by Gasteiger charge is -2.34. The normalized spacial score (nSPS) is 20.5. The van der Waals surface area contributed by atoms with Crippen molar-refractivity contribution in [3.05, 3.63) is 42.2 Å². The minimum Gasteiger partial charge on any atom is -0.313 e. The number of pyridine rings is 1. The number of nitrogens with one attached hydrogen (secondary N) is 1. The maximum absolute atomic E-state index is 13.4. The summed E-state index contributed by atoms with van der Waals surface area (Å²) in [5, 5.41) is 5.57. The SMILES string of the molecule is CNC(c1cncc2ccccc12)C1CCC(F)(F)CC1. The third-order valence-electron chi connectivity index (χ3n) is 4.58. The summed E-state index contributed by atoms with van der Waals surface area (Å²) in [6.45, 7) is 0. The van der Waals surface area contributed by atoms with E-state index in [0.717, 1.165) is 16.3 Å². The summed E-state index contributed by atoms with van der Waals surface area (Å²) in [7, 11) is 1.90. The Balaban J connectivity index is 1.92. The summed E-state index contributed by atoms with van der Waals surface area (Å²) in [4.78, 5) is 4.32. The van der Waals surface area contributed by atoms with Crippen LogP contribution in [0.25, 0.3) is 10.8 Å². The van der Waals surface area contributed by atoms with Crippen LogP contribution in [0.3, 0.4) is 0 Å². The van der Waals surface area contributed by atoms with Crippen molar-refractivity contribution in [3.63, 3.8) is 0 Å². The van der Waals surface area contributed by atoms with Gasteiger partial charge < -0.3 is 5.32 Å². The molecular weight excluding hydrogens is 270 g/mol. The third-order valence-corrected chi connectivity index (χ3v) is 4.58. The fourth-order valence-corrected chi connectivity index (χ4v) is 3.43. The molecule has 1 atom stereocenters. The molecule has 1 aromatic carbocycles. The molecule has 1 unspecified atom stereocenters. The number of alkyl halides is 2. The quantitative estimate of drug-likeness (QED) is 0.910. The van der Waals surface area contributed by atoms with E-state index in [1.165, 1.54) is 0 Å². The first-order valence-electron chi connectivity index (χ1n) is 7.48. The number of benzene rings is 1. The smallest absolute Gasteiger partial charge is 0.248 e. The number of halogens is 2. The van der Waals surface area contributed by atoms with Crippen LogP contribution in [0.15, 0.2) is 36.7 Å². The Bertz CT molecular complexity index is 612. The van der Waals surface area contributed by atoms with Crippen molar-refractivity contribution in [2.75, 3.05) is 7.05 Å². The van der Waals surface area contributed by atoms with E-state index in [4.69, 9.17) is 0 Å². The van der Waals surface area contributed by atoms with E-state index in [2.05, 4.69) is 16.4 Å². The van der Waals surface area contributed by atoms with Crippen LogP contribution in [0.4, 0.5) is 8.78 Å². The number of fused-ring (bicyclic) bond motifs is 1. The molecule has 1 aliphatic carbocycles. The largest absolute Gasteiger partial charge is 0.313 e. The maximum atomic E-state index is 13.4. The highest BCUT2D eigenvalue weighted by atomic mass is 19.3. The average molecular weight is 290 g/mol. The second-order valence-electron chi connectivity index (χ2n) is 5.91. The molecule has 2 nitrogen and oxygen atoms in total. The molecule has 4 heteroatoms. The Morgan fingerprint density at radius 1 is 1.19 bits per heavy atom. The third kappa shape index (κ3) is 2.91. The van der Waals surface area contributed by atoms with Gasteiger partial charge in [0.05, 0.1) is 0 Å². The highest BCUT2D eigenvalue weighted by molar-refractivity contribution is 5.85. The van der Waals surface area contributed by atoms with Gasteiger partial charge in [0.1, 0.15) is 0 Å². The predicted octanol–water partition coefficient (Wildman–Crippen LogP) is 4.32. The molecule has 0 spiro atoms. The van der Waals surface area contributed by atoms with Crippen molar-refractivity contribution in [3.8, 4) is 0 Å². The van der Waals surface area contributed by atoms with Crippen molar-refractivity contribution < 1.29 is 8.78 Å². The molecule has 0 radical (unpaired) electrons. The highest BCUT2D eigenvalue weighted by Gasteiger charge is 2.37. The highest BCUT2D eigenvalue weighted by Crippen LogP contribution is 2.42. The van der Waals surface area contributed by atoms with Crippen LogP contribution < -0.4 is 5.32 Å². The standard InChI is InChI=1S/C17H20F2N2/c1-20-16(12-6-8-17(18,19)9-7-12)15-11-21-10-13-4-2-3-5-14(13)15/h2-5,10-12,16,20H,6-9H2,1H3. The molecule has 0 aliphatic heterocycles. The number of hydrogen-bond donors (Lipinski definition) is 1. The van der Waals surface area contributed by atoms with E-state index in [-0.39, 0.29) is 24.8 Å². The van der Waals surface area contributed by atoms with Crippen molar-refractivity contribution in [1.82, 2.24) is 10.3 Å². The first-order chi connectivity index (χ1) is 10.1. The second-order valence-corrected chi connectivity index (χ2v) is 5.91. The zero-order valence-electron chi connectivity index (χ0n) is 12.2. The van der Waals surface area contributed by atoms with Gasteiger partial charge in [0.15, 0.2) is 0 Å². The molecule has 0 saturated heterocycles. The Kier molecular flexibility index (Phi) is 3.89. The van der Waals surface area contributed by atoms with Crippen molar-refractivity contribution in [2.24, 2.45) is 5.92 Å². The molecular formula is C17H20F2N2. The second kappa shape index (κ2) is 5.68. The van der Waals surface area contributed by atoms with E-state index >= 15 is 0 Å². The van der Waals surface area contributed by atoms with Gasteiger partial charge in [-0.1, -0.05) is 24.3 Å². The van der Waals surface area contributed by atoms with E-state index in [1.807, 2.05) is 37.6 Å². The summed E-state index contributed by atoms with van der Waals surface area (Å²) in [6, 6.07) is 8.19. The predicted molar refractivity (Wildman–Crippen MR) is 80.4 cm³/mol. The minimum absolute atomic E-state index is 0.00591. The first-order valence-corrected chi connectivity index (χ1v) is 7.48. The van der Waals surface area contributed by atoms with Gasteiger partial charge >= 0.3 is 0 Å². The zero-order valence-corrected chi connectivity index (χ0v) is 12.2. The Morgan fingerprint density at radius 2 is 1.90 bits per heavy atom. The molecule has 1 saturated carbocycles. The average Bonchev–Trinajstić information content (AvgIpc) is 2.50. The van der Waals surface area contributed by atoms with E-state index in [0.29, 0.717) is 12.8 Å². The van der Waals surface area contributed by atoms with Crippen molar-refractivity contribution >= 4 is 10.8 Å². The van der Waals surface area contributed by atoms with Crippen LogP contribution in [0.2, 0.25) is 0 Å². The summed E-state index contributed by atoms with van der Waals surface area (Å²) >= 11 is 0. The summed E-state index contributed by atoms with van der Waals surface area (Å²) < 4.78 is 26.7. The lowest BCUT2D eigenvalue weighted by atomic mass is 9.79. The molecule has 1 heterocycles. The number of hydrogen-bond acceptors (Lipinski definition) is 2. The van der Waals surface area contributed by atoms with Gasteiger partial charge in [-0.2, -0.15) is 0 Å². The fraction of sp³-hybridized carbons (Fsp3) is 0.471. The van der Waals surface area contributed by atoms with Gasteiger partial charge in [-0.25, -0.2) is 8.78 Å². The molecule has 1 aromatic heterocycles. The van der Waals surface area contributed by atoms with Crippen molar-refractivity contribution in [2.45, 2.75) is 37.6 Å². The van der Waals surface area contributed by atoms with Gasteiger partial charge in [-0.15, -0.1) is 0 Å². The number of rotatable bonds is 3. The molecule has 2 aromatic rings. The van der Waals surface area contributed by atoms with Gasteiger partial charge in [-0.05, 0) is 36.8 Å². The minimum atomic E-state index is -2.48. The van der Waals surface area contributed by atoms with Gasteiger partial charge in [0.2, 0.25) is 5.92 Å². The van der Waals surface area contributed by atoms with Gasteiger partial charge in [-0.3, -0.25) is 4.98 Å². The molecule has 21 heavy (non-hydrogen) atoms. The first kappa shape index (κ1) is 14.4. The zero-order chi connectivity index (χ0) is 14.9. The van der Waals surface area contributed by atoms with E-state index in [9.17, 15) is 8.78 Å². The Labute approximate surface area is 123 Å². The molecule has 1 N–H and O–H groups in total. The van der Waals surface area contributed by atoms with Crippen LogP contribution in [0.1, 0.15) is 37.3 Å². The van der Waals surface area contributed by atoms with Crippen molar-refractivity contribution in [1.29, 1.82) is 0 Å². The molecule has 112 valence electrons. The molecule has 0 amide bonds. The fourth-order valence-electron chi connectivity index (χ4n) is 3.43. The van der Waals surface area contributed by atoms with Crippen LogP contribution in [0, 0.1) is 5.92 Å². The Morgan fingerprint density at radius 3 is 2.62 bits per heavy atom.